The molecule has 0 fully saturated rings. The molecule has 1 aromatic carbocycles. The average Bonchev–Trinajstić information content (AvgIpc) is 2.45. The van der Waals surface area contributed by atoms with E-state index >= 15 is 0 Å². The van der Waals surface area contributed by atoms with Crippen LogP contribution < -0.4 is 0 Å². The van der Waals surface area contributed by atoms with Crippen molar-refractivity contribution in [3.63, 3.8) is 0 Å². The fourth-order valence-corrected chi connectivity index (χ4v) is 2.29. The van der Waals surface area contributed by atoms with Gasteiger partial charge in [0.2, 0.25) is 0 Å². The van der Waals surface area contributed by atoms with Gasteiger partial charge in [0.1, 0.15) is 17.4 Å². The highest BCUT2D eigenvalue weighted by molar-refractivity contribution is 7.99. The van der Waals surface area contributed by atoms with Gasteiger partial charge in [0.25, 0.3) is 0 Å². The van der Waals surface area contributed by atoms with Crippen LogP contribution in [-0.4, -0.2) is 15.7 Å². The van der Waals surface area contributed by atoms with Gasteiger partial charge in [0.05, 0.1) is 11.4 Å². The molecule has 3 nitrogen and oxygen atoms in total. The van der Waals surface area contributed by atoms with Crippen LogP contribution in [0.1, 0.15) is 5.56 Å². The molecule has 1 heterocycles. The Bertz CT molecular complexity index is 717. The SMILES string of the molecule is C#CCSc1nc(Cl)c(C#N)c(-c2ccc(F)cc2)n1. The zero-order valence-corrected chi connectivity index (χ0v) is 11.7. The van der Waals surface area contributed by atoms with Crippen molar-refractivity contribution in [3.8, 4) is 29.7 Å². The summed E-state index contributed by atoms with van der Waals surface area (Å²) in [6, 6.07) is 7.61. The first kappa shape index (κ1) is 14.3. The predicted octanol–water partition coefficient (Wildman–Crippen LogP) is 3.53. The zero-order chi connectivity index (χ0) is 14.5. The number of rotatable bonds is 3. The Labute approximate surface area is 124 Å². The summed E-state index contributed by atoms with van der Waals surface area (Å²) in [7, 11) is 0. The molecule has 0 amide bonds. The zero-order valence-electron chi connectivity index (χ0n) is 10.1. The van der Waals surface area contributed by atoms with Crippen molar-refractivity contribution in [2.75, 3.05) is 5.75 Å². The molecule has 0 atom stereocenters. The molecule has 20 heavy (non-hydrogen) atoms. The standard InChI is InChI=1S/C14H7ClFN3S/c1-2-7-20-14-18-12(11(8-17)13(15)19-14)9-3-5-10(16)6-4-9/h1,3-6H,7H2. The highest BCUT2D eigenvalue weighted by Gasteiger charge is 2.14. The van der Waals surface area contributed by atoms with Crippen molar-refractivity contribution in [1.29, 1.82) is 5.26 Å². The van der Waals surface area contributed by atoms with Crippen LogP contribution in [0.3, 0.4) is 0 Å². The number of benzene rings is 1. The molecule has 0 aliphatic heterocycles. The Morgan fingerprint density at radius 1 is 1.30 bits per heavy atom. The number of aromatic nitrogens is 2. The van der Waals surface area contributed by atoms with Crippen molar-refractivity contribution in [1.82, 2.24) is 9.97 Å². The van der Waals surface area contributed by atoms with E-state index in [2.05, 4.69) is 15.9 Å². The number of nitriles is 1. The summed E-state index contributed by atoms with van der Waals surface area (Å²) in [5.41, 5.74) is 1.12. The number of hydrogen-bond acceptors (Lipinski definition) is 4. The van der Waals surface area contributed by atoms with Gasteiger partial charge in [-0.25, -0.2) is 14.4 Å². The summed E-state index contributed by atoms with van der Waals surface area (Å²) >= 11 is 7.22. The Kier molecular flexibility index (Phi) is 4.57. The second-order valence-electron chi connectivity index (χ2n) is 3.63. The first-order valence-corrected chi connectivity index (χ1v) is 6.82. The van der Waals surface area contributed by atoms with Crippen molar-refractivity contribution in [2.45, 2.75) is 5.16 Å². The lowest BCUT2D eigenvalue weighted by molar-refractivity contribution is 0.628. The quantitative estimate of drug-likeness (QED) is 0.377. The van der Waals surface area contributed by atoms with Crippen LogP contribution in [0.5, 0.6) is 0 Å². The molecular formula is C14H7ClFN3S. The molecule has 6 heteroatoms. The molecule has 0 spiro atoms. The van der Waals surface area contributed by atoms with Gasteiger partial charge in [-0.2, -0.15) is 5.26 Å². The van der Waals surface area contributed by atoms with Gasteiger partial charge in [-0.05, 0) is 24.3 Å². The summed E-state index contributed by atoms with van der Waals surface area (Å²) in [4.78, 5) is 8.28. The summed E-state index contributed by atoms with van der Waals surface area (Å²) in [5, 5.41) is 9.59. The normalized spacial score (nSPS) is 9.80. The molecule has 2 rings (SSSR count). The number of halogens is 2. The fraction of sp³-hybridized carbons (Fsp3) is 0.0714. The molecule has 0 saturated carbocycles. The maximum Gasteiger partial charge on any atom is 0.190 e. The van der Waals surface area contributed by atoms with Crippen LogP contribution in [0.25, 0.3) is 11.3 Å². The molecule has 1 aromatic heterocycles. The van der Waals surface area contributed by atoms with Crippen LogP contribution in [0, 0.1) is 29.5 Å². The molecule has 0 aliphatic carbocycles. The van der Waals surface area contributed by atoms with Gasteiger partial charge < -0.3 is 0 Å². The summed E-state index contributed by atoms with van der Waals surface area (Å²) < 4.78 is 13.0. The van der Waals surface area contributed by atoms with Crippen LogP contribution in [0.15, 0.2) is 29.4 Å². The topological polar surface area (TPSA) is 49.6 Å². The number of nitrogens with zero attached hydrogens (tertiary/aromatic N) is 3. The van der Waals surface area contributed by atoms with E-state index in [0.717, 1.165) is 0 Å². The third-order valence-electron chi connectivity index (χ3n) is 2.36. The number of thioether (sulfide) groups is 1. The number of terminal acetylenes is 1. The van der Waals surface area contributed by atoms with Gasteiger partial charge in [0.15, 0.2) is 10.3 Å². The predicted molar refractivity (Wildman–Crippen MR) is 76.7 cm³/mol. The van der Waals surface area contributed by atoms with E-state index in [1.165, 1.54) is 36.0 Å². The lowest BCUT2D eigenvalue weighted by Gasteiger charge is -2.07. The van der Waals surface area contributed by atoms with Gasteiger partial charge in [-0.1, -0.05) is 29.3 Å². The molecular weight excluding hydrogens is 297 g/mol. The van der Waals surface area contributed by atoms with E-state index in [0.29, 0.717) is 22.2 Å². The lowest BCUT2D eigenvalue weighted by Crippen LogP contribution is -1.97. The van der Waals surface area contributed by atoms with Crippen molar-refractivity contribution in [3.05, 3.63) is 40.8 Å². The minimum absolute atomic E-state index is 0.0568. The summed E-state index contributed by atoms with van der Waals surface area (Å²) in [6.45, 7) is 0. The highest BCUT2D eigenvalue weighted by atomic mass is 35.5. The number of hydrogen-bond donors (Lipinski definition) is 0. The smallest absolute Gasteiger partial charge is 0.190 e. The van der Waals surface area contributed by atoms with Crippen molar-refractivity contribution in [2.24, 2.45) is 0 Å². The Morgan fingerprint density at radius 2 is 2.00 bits per heavy atom. The Balaban J connectivity index is 2.55. The van der Waals surface area contributed by atoms with Crippen molar-refractivity contribution < 1.29 is 4.39 Å². The third-order valence-corrected chi connectivity index (χ3v) is 3.38. The van der Waals surface area contributed by atoms with E-state index in [1.54, 1.807) is 0 Å². The van der Waals surface area contributed by atoms with Crippen LogP contribution in [0.4, 0.5) is 4.39 Å². The fourth-order valence-electron chi connectivity index (χ4n) is 1.50. The lowest BCUT2D eigenvalue weighted by atomic mass is 10.1. The van der Waals surface area contributed by atoms with Crippen LogP contribution in [0.2, 0.25) is 5.15 Å². The molecule has 98 valence electrons. The Morgan fingerprint density at radius 3 is 2.60 bits per heavy atom. The minimum Gasteiger partial charge on any atom is -0.221 e. The maximum absolute atomic E-state index is 13.0. The minimum atomic E-state index is -0.366. The van der Waals surface area contributed by atoms with Gasteiger partial charge >= 0.3 is 0 Å². The third kappa shape index (κ3) is 3.08. The average molecular weight is 304 g/mol. The molecule has 0 N–H and O–H groups in total. The molecule has 2 aromatic rings. The largest absolute Gasteiger partial charge is 0.221 e. The second kappa shape index (κ2) is 6.38. The van der Waals surface area contributed by atoms with E-state index in [-0.39, 0.29) is 16.5 Å². The van der Waals surface area contributed by atoms with Gasteiger partial charge in [-0.3, -0.25) is 0 Å². The molecule has 0 saturated heterocycles. The molecule has 0 unspecified atom stereocenters. The molecule has 0 bridgehead atoms. The van der Waals surface area contributed by atoms with E-state index in [9.17, 15) is 4.39 Å². The summed E-state index contributed by atoms with van der Waals surface area (Å²) in [5.74, 6) is 2.48. The van der Waals surface area contributed by atoms with Crippen LogP contribution in [-0.2, 0) is 0 Å². The highest BCUT2D eigenvalue weighted by Crippen LogP contribution is 2.28. The van der Waals surface area contributed by atoms with Gasteiger partial charge in [0, 0.05) is 5.56 Å². The first-order valence-electron chi connectivity index (χ1n) is 5.45. The van der Waals surface area contributed by atoms with E-state index < -0.39 is 0 Å². The first-order chi connectivity index (χ1) is 9.65. The summed E-state index contributed by atoms with van der Waals surface area (Å²) in [6.07, 6.45) is 5.18. The second-order valence-corrected chi connectivity index (χ2v) is 4.93. The maximum atomic E-state index is 13.0. The molecule has 0 radical (unpaired) electrons. The van der Waals surface area contributed by atoms with E-state index in [4.69, 9.17) is 23.3 Å². The van der Waals surface area contributed by atoms with Gasteiger partial charge in [-0.15, -0.1) is 6.42 Å². The molecule has 0 aliphatic rings. The van der Waals surface area contributed by atoms with E-state index in [1.807, 2.05) is 6.07 Å². The van der Waals surface area contributed by atoms with Crippen LogP contribution >= 0.6 is 23.4 Å². The monoisotopic (exact) mass is 303 g/mol. The van der Waals surface area contributed by atoms with Crippen molar-refractivity contribution >= 4 is 23.4 Å². The Hall–Kier alpha value is -2.08.